The van der Waals surface area contributed by atoms with Crippen molar-refractivity contribution < 1.29 is 0 Å². The molecule has 1 N–H and O–H groups in total. The van der Waals surface area contributed by atoms with E-state index in [1.165, 1.54) is 29.2 Å². The van der Waals surface area contributed by atoms with E-state index in [0.717, 1.165) is 18.4 Å². The van der Waals surface area contributed by atoms with E-state index in [1.54, 1.807) is 0 Å². The van der Waals surface area contributed by atoms with E-state index in [0.29, 0.717) is 6.04 Å². The van der Waals surface area contributed by atoms with Crippen LogP contribution in [0, 0.1) is 11.8 Å². The largest absolute Gasteiger partial charge is 0.309 e. The molecule has 1 saturated carbocycles. The van der Waals surface area contributed by atoms with Gasteiger partial charge < -0.3 is 5.32 Å². The van der Waals surface area contributed by atoms with Gasteiger partial charge in [0.1, 0.15) is 0 Å². The molecular weight excluding hydrogens is 230 g/mol. The Balaban J connectivity index is 1.51. The van der Waals surface area contributed by atoms with Crippen LogP contribution < -0.4 is 5.32 Å². The summed E-state index contributed by atoms with van der Waals surface area (Å²) in [5, 5.41) is 6.47. The molecule has 1 heteroatoms. The zero-order chi connectivity index (χ0) is 12.7. The Morgan fingerprint density at radius 2 is 1.95 bits per heavy atom. The zero-order valence-electron chi connectivity index (χ0n) is 11.0. The second-order valence-corrected chi connectivity index (χ2v) is 5.86. The average Bonchev–Trinajstić information content (AvgIpc) is 2.81. The number of hydrogen-bond acceptors (Lipinski definition) is 1. The van der Waals surface area contributed by atoms with E-state index in [-0.39, 0.29) is 0 Å². The van der Waals surface area contributed by atoms with Crippen LogP contribution in [0.3, 0.4) is 0 Å². The van der Waals surface area contributed by atoms with Gasteiger partial charge in [0.05, 0.1) is 0 Å². The first-order chi connectivity index (χ1) is 9.42. The van der Waals surface area contributed by atoms with Crippen LogP contribution in [0.4, 0.5) is 0 Å². The molecule has 0 aromatic heterocycles. The van der Waals surface area contributed by atoms with Crippen LogP contribution in [0.15, 0.2) is 54.6 Å². The predicted molar refractivity (Wildman–Crippen MR) is 79.9 cm³/mol. The number of nitrogens with one attached hydrogen (secondary N) is 1. The first kappa shape index (κ1) is 11.2. The SMILES string of the molecule is C1=CC2C(C1)CC2NCc1cccc2ccccc12. The lowest BCUT2D eigenvalue weighted by Gasteiger charge is -2.40. The summed E-state index contributed by atoms with van der Waals surface area (Å²) in [6, 6.07) is 16.0. The Hall–Kier alpha value is -1.60. The first-order valence-corrected chi connectivity index (χ1v) is 7.28. The third kappa shape index (κ3) is 1.89. The zero-order valence-corrected chi connectivity index (χ0v) is 11.0. The molecule has 0 saturated heterocycles. The van der Waals surface area contributed by atoms with Gasteiger partial charge in [0.2, 0.25) is 0 Å². The van der Waals surface area contributed by atoms with Gasteiger partial charge in [-0.2, -0.15) is 0 Å². The van der Waals surface area contributed by atoms with Crippen LogP contribution in [-0.2, 0) is 6.54 Å². The van der Waals surface area contributed by atoms with Crippen molar-refractivity contribution in [1.29, 1.82) is 0 Å². The highest BCUT2D eigenvalue weighted by Gasteiger charge is 2.40. The molecule has 0 amide bonds. The quantitative estimate of drug-likeness (QED) is 0.814. The van der Waals surface area contributed by atoms with Crippen LogP contribution >= 0.6 is 0 Å². The lowest BCUT2D eigenvalue weighted by molar-refractivity contribution is 0.162. The van der Waals surface area contributed by atoms with Crippen molar-refractivity contribution in [3.05, 3.63) is 60.2 Å². The van der Waals surface area contributed by atoms with Gasteiger partial charge in [-0.1, -0.05) is 54.6 Å². The highest BCUT2D eigenvalue weighted by molar-refractivity contribution is 5.85. The molecule has 0 heterocycles. The standard InChI is InChI=1S/C18H19N/c1-2-9-16-13(5-1)6-3-8-15(16)12-19-18-11-14-7-4-10-17(14)18/h1-6,8-10,14,17-19H,7,11-12H2. The highest BCUT2D eigenvalue weighted by Crippen LogP contribution is 2.42. The molecule has 1 nitrogen and oxygen atoms in total. The third-order valence-electron chi connectivity index (χ3n) is 4.80. The van der Waals surface area contributed by atoms with Crippen LogP contribution in [0.5, 0.6) is 0 Å². The van der Waals surface area contributed by atoms with Gasteiger partial charge >= 0.3 is 0 Å². The summed E-state index contributed by atoms with van der Waals surface area (Å²) >= 11 is 0. The Morgan fingerprint density at radius 3 is 2.89 bits per heavy atom. The lowest BCUT2D eigenvalue weighted by atomic mass is 9.71. The molecule has 0 aliphatic heterocycles. The molecule has 96 valence electrons. The number of rotatable bonds is 3. The molecule has 2 aliphatic rings. The van der Waals surface area contributed by atoms with E-state index in [9.17, 15) is 0 Å². The molecule has 3 atom stereocenters. The van der Waals surface area contributed by atoms with Crippen molar-refractivity contribution in [2.24, 2.45) is 11.8 Å². The monoisotopic (exact) mass is 249 g/mol. The molecule has 1 fully saturated rings. The summed E-state index contributed by atoms with van der Waals surface area (Å²) in [4.78, 5) is 0. The molecule has 2 aliphatic carbocycles. The Bertz CT molecular complexity index is 623. The van der Waals surface area contributed by atoms with Crippen LogP contribution in [0.1, 0.15) is 18.4 Å². The molecule has 2 aromatic carbocycles. The first-order valence-electron chi connectivity index (χ1n) is 7.28. The smallest absolute Gasteiger partial charge is 0.0214 e. The van der Waals surface area contributed by atoms with Crippen molar-refractivity contribution in [2.75, 3.05) is 0 Å². The topological polar surface area (TPSA) is 12.0 Å². The van der Waals surface area contributed by atoms with Gasteiger partial charge in [-0.05, 0) is 41.0 Å². The average molecular weight is 249 g/mol. The summed E-state index contributed by atoms with van der Waals surface area (Å²) in [5.74, 6) is 1.74. The van der Waals surface area contributed by atoms with E-state index < -0.39 is 0 Å². The van der Waals surface area contributed by atoms with Crippen molar-refractivity contribution in [1.82, 2.24) is 5.32 Å². The fourth-order valence-corrected chi connectivity index (χ4v) is 3.64. The molecule has 4 rings (SSSR count). The minimum Gasteiger partial charge on any atom is -0.309 e. The summed E-state index contributed by atoms with van der Waals surface area (Å²) in [6.45, 7) is 0.989. The maximum absolute atomic E-state index is 3.75. The second-order valence-electron chi connectivity index (χ2n) is 5.86. The minimum absolute atomic E-state index is 0.697. The maximum Gasteiger partial charge on any atom is 0.0214 e. The van der Waals surface area contributed by atoms with E-state index >= 15 is 0 Å². The van der Waals surface area contributed by atoms with E-state index in [4.69, 9.17) is 0 Å². The van der Waals surface area contributed by atoms with Crippen molar-refractivity contribution in [3.8, 4) is 0 Å². The van der Waals surface area contributed by atoms with Gasteiger partial charge in [0, 0.05) is 12.6 Å². The van der Waals surface area contributed by atoms with E-state index in [2.05, 4.69) is 59.9 Å². The van der Waals surface area contributed by atoms with Crippen molar-refractivity contribution in [2.45, 2.75) is 25.4 Å². The highest BCUT2D eigenvalue weighted by atomic mass is 14.9. The summed E-state index contributed by atoms with van der Waals surface area (Å²) in [7, 11) is 0. The molecule has 3 unspecified atom stereocenters. The van der Waals surface area contributed by atoms with E-state index in [1.807, 2.05) is 0 Å². The van der Waals surface area contributed by atoms with Gasteiger partial charge in [0.25, 0.3) is 0 Å². The maximum atomic E-state index is 3.75. The summed E-state index contributed by atoms with van der Waals surface area (Å²) in [6.07, 6.45) is 7.42. The normalized spacial score (nSPS) is 28.3. The second kappa shape index (κ2) is 4.50. The Morgan fingerprint density at radius 1 is 1.05 bits per heavy atom. The van der Waals surface area contributed by atoms with Crippen LogP contribution in [-0.4, -0.2) is 6.04 Å². The molecule has 0 spiro atoms. The molecule has 19 heavy (non-hydrogen) atoms. The third-order valence-corrected chi connectivity index (χ3v) is 4.80. The Labute approximate surface area is 114 Å². The Kier molecular flexibility index (Phi) is 2.66. The van der Waals surface area contributed by atoms with Crippen molar-refractivity contribution >= 4 is 10.8 Å². The van der Waals surface area contributed by atoms with Crippen LogP contribution in [0.2, 0.25) is 0 Å². The van der Waals surface area contributed by atoms with Gasteiger partial charge in [-0.25, -0.2) is 0 Å². The fraction of sp³-hybridized carbons (Fsp3) is 0.333. The number of benzene rings is 2. The van der Waals surface area contributed by atoms with Crippen LogP contribution in [0.25, 0.3) is 10.8 Å². The fourth-order valence-electron chi connectivity index (χ4n) is 3.64. The number of hydrogen-bond donors (Lipinski definition) is 1. The van der Waals surface area contributed by atoms with Gasteiger partial charge in [-0.15, -0.1) is 0 Å². The minimum atomic E-state index is 0.697. The summed E-state index contributed by atoms with van der Waals surface area (Å²) < 4.78 is 0. The number of allylic oxidation sites excluding steroid dienone is 1. The molecule has 0 radical (unpaired) electrons. The molecular formula is C18H19N. The van der Waals surface area contributed by atoms with Gasteiger partial charge in [-0.3, -0.25) is 0 Å². The number of fused-ring (bicyclic) bond motifs is 2. The molecule has 0 bridgehead atoms. The molecule has 2 aromatic rings. The predicted octanol–water partition coefficient (Wildman–Crippen LogP) is 3.89. The van der Waals surface area contributed by atoms with Gasteiger partial charge in [0.15, 0.2) is 0 Å². The van der Waals surface area contributed by atoms with Crippen molar-refractivity contribution in [3.63, 3.8) is 0 Å². The summed E-state index contributed by atoms with van der Waals surface area (Å²) in [5.41, 5.74) is 1.42. The lowest BCUT2D eigenvalue weighted by Crippen LogP contribution is -2.47.